The van der Waals surface area contributed by atoms with Crippen molar-refractivity contribution in [1.29, 1.82) is 0 Å². The van der Waals surface area contributed by atoms with Gasteiger partial charge in [-0.1, -0.05) is 19.6 Å². The summed E-state index contributed by atoms with van der Waals surface area (Å²) in [5, 5.41) is 0. The average Bonchev–Trinajstić information content (AvgIpc) is 2.14. The van der Waals surface area contributed by atoms with Crippen molar-refractivity contribution in [3.8, 4) is 11.5 Å². The lowest BCUT2D eigenvalue weighted by molar-refractivity contribution is 0.0870. The van der Waals surface area contributed by atoms with Crippen molar-refractivity contribution in [2.45, 2.75) is 39.2 Å². The largest absolute Gasteiger partial charge is 0.412 e. The zero-order valence-electron chi connectivity index (χ0n) is 10.8. The molecule has 0 aromatic carbocycles. The molecule has 0 atom stereocenters. The van der Waals surface area contributed by atoms with E-state index in [2.05, 4.69) is 14.6 Å². The Labute approximate surface area is 102 Å². The number of hydrogen-bond acceptors (Lipinski definition) is 3. The Hall–Kier alpha value is -0.213. The van der Waals surface area contributed by atoms with E-state index in [0.29, 0.717) is 0 Å². The summed E-state index contributed by atoms with van der Waals surface area (Å²) in [5.41, 5.74) is -1.26. The molecule has 0 saturated heterocycles. The van der Waals surface area contributed by atoms with Gasteiger partial charge in [-0.3, -0.25) is 4.57 Å². The van der Waals surface area contributed by atoms with Crippen LogP contribution < -0.4 is 0 Å². The summed E-state index contributed by atoms with van der Waals surface area (Å²) in [5.74, 6) is 1.77. The number of alkyl halides is 2. The van der Waals surface area contributed by atoms with Gasteiger partial charge in [0.2, 0.25) is 0 Å². The highest BCUT2D eigenvalue weighted by Crippen LogP contribution is 2.61. The Morgan fingerprint density at radius 3 is 1.88 bits per heavy atom. The Balaban J connectivity index is 5.21. The Bertz CT molecular complexity index is 345. The van der Waals surface area contributed by atoms with Gasteiger partial charge in [-0.15, -0.1) is 5.54 Å². The molecular formula is C10H19F2O3PSi. The van der Waals surface area contributed by atoms with Crippen LogP contribution in [-0.4, -0.2) is 27.0 Å². The Morgan fingerprint density at radius 2 is 1.59 bits per heavy atom. The van der Waals surface area contributed by atoms with E-state index in [1.54, 1.807) is 5.92 Å². The van der Waals surface area contributed by atoms with Gasteiger partial charge in [-0.05, 0) is 19.8 Å². The summed E-state index contributed by atoms with van der Waals surface area (Å²) in [6.45, 7) is 8.21. The van der Waals surface area contributed by atoms with Crippen molar-refractivity contribution in [2.75, 3.05) is 13.2 Å². The molecule has 0 aliphatic carbocycles. The molecule has 0 spiro atoms. The molecule has 0 fully saturated rings. The van der Waals surface area contributed by atoms with Gasteiger partial charge in [0.05, 0.1) is 13.2 Å². The summed E-state index contributed by atoms with van der Waals surface area (Å²) < 4.78 is 48.5. The molecule has 0 bridgehead atoms. The van der Waals surface area contributed by atoms with E-state index in [1.165, 1.54) is 13.8 Å². The minimum atomic E-state index is -4.49. The van der Waals surface area contributed by atoms with Crippen LogP contribution >= 0.6 is 7.60 Å². The maximum atomic E-state index is 13.7. The molecule has 0 heterocycles. The van der Waals surface area contributed by atoms with Crippen LogP contribution in [0.15, 0.2) is 0 Å². The van der Waals surface area contributed by atoms with Crippen LogP contribution in [0.25, 0.3) is 0 Å². The molecule has 0 aromatic rings. The van der Waals surface area contributed by atoms with Crippen LogP contribution in [-0.2, 0) is 13.6 Å². The SMILES string of the molecule is CCOP(=O)(OCC)C(F)(F)C#C[Si](C)(C)C. The molecule has 0 saturated carbocycles. The molecule has 3 nitrogen and oxygen atoms in total. The van der Waals surface area contributed by atoms with E-state index in [1.807, 2.05) is 19.6 Å². The molecule has 0 unspecified atom stereocenters. The molecule has 0 aliphatic heterocycles. The van der Waals surface area contributed by atoms with Crippen molar-refractivity contribution in [1.82, 2.24) is 0 Å². The maximum Gasteiger partial charge on any atom is 0.412 e. The van der Waals surface area contributed by atoms with E-state index in [0.717, 1.165) is 0 Å². The quantitative estimate of drug-likeness (QED) is 0.438. The molecule has 7 heteroatoms. The smallest absolute Gasteiger partial charge is 0.304 e. The fourth-order valence-electron chi connectivity index (χ4n) is 0.870. The van der Waals surface area contributed by atoms with Gasteiger partial charge in [0.15, 0.2) is 0 Å². The molecule has 0 aliphatic rings. The van der Waals surface area contributed by atoms with E-state index < -0.39 is 21.3 Å². The molecule has 0 N–H and O–H groups in total. The first-order chi connectivity index (χ1) is 7.58. The predicted molar refractivity (Wildman–Crippen MR) is 66.9 cm³/mol. The molecule has 0 amide bonds. The molecule has 0 rings (SSSR count). The van der Waals surface area contributed by atoms with Gasteiger partial charge in [0.1, 0.15) is 8.07 Å². The first kappa shape index (κ1) is 16.8. The number of halogens is 2. The van der Waals surface area contributed by atoms with Crippen molar-refractivity contribution in [3.63, 3.8) is 0 Å². The third-order valence-corrected chi connectivity index (χ3v) is 4.40. The minimum absolute atomic E-state index is 0.110. The van der Waals surface area contributed by atoms with Crippen LogP contribution in [0.2, 0.25) is 19.6 Å². The fourth-order valence-corrected chi connectivity index (χ4v) is 2.78. The second-order valence-electron chi connectivity index (χ2n) is 4.37. The van der Waals surface area contributed by atoms with Crippen LogP contribution in [0.1, 0.15) is 13.8 Å². The molecule has 0 aromatic heterocycles. The third-order valence-electron chi connectivity index (χ3n) is 1.53. The van der Waals surface area contributed by atoms with Crippen molar-refractivity contribution in [2.24, 2.45) is 0 Å². The topological polar surface area (TPSA) is 35.5 Å². The maximum absolute atomic E-state index is 13.7. The lowest BCUT2D eigenvalue weighted by Gasteiger charge is -2.21. The van der Waals surface area contributed by atoms with Crippen LogP contribution in [0, 0.1) is 11.5 Å². The average molecular weight is 284 g/mol. The first-order valence-electron chi connectivity index (χ1n) is 5.39. The zero-order chi connectivity index (χ0) is 13.7. The van der Waals surface area contributed by atoms with Gasteiger partial charge < -0.3 is 9.05 Å². The van der Waals surface area contributed by atoms with Crippen LogP contribution in [0.4, 0.5) is 8.78 Å². The van der Waals surface area contributed by atoms with Crippen molar-refractivity contribution in [3.05, 3.63) is 0 Å². The minimum Gasteiger partial charge on any atom is -0.304 e. The summed E-state index contributed by atoms with van der Waals surface area (Å²) in [7, 11) is -6.46. The number of rotatable bonds is 5. The highest BCUT2D eigenvalue weighted by atomic mass is 31.2. The van der Waals surface area contributed by atoms with E-state index >= 15 is 0 Å². The first-order valence-corrected chi connectivity index (χ1v) is 10.4. The third kappa shape index (κ3) is 5.30. The summed E-state index contributed by atoms with van der Waals surface area (Å²) in [4.78, 5) is 0. The van der Waals surface area contributed by atoms with Gasteiger partial charge in [0, 0.05) is 0 Å². The second kappa shape index (κ2) is 6.10. The van der Waals surface area contributed by atoms with E-state index in [-0.39, 0.29) is 13.2 Å². The molecule has 17 heavy (non-hydrogen) atoms. The Morgan fingerprint density at radius 1 is 1.18 bits per heavy atom. The van der Waals surface area contributed by atoms with Gasteiger partial charge in [0.25, 0.3) is 0 Å². The number of hydrogen-bond donors (Lipinski definition) is 0. The lowest BCUT2D eigenvalue weighted by atomic mass is 10.7. The second-order valence-corrected chi connectivity index (χ2v) is 11.2. The standard InChI is InChI=1S/C10H19F2O3PSi/c1-6-14-16(13,15-7-2)10(11,12)8-9-17(3,4)5/h6-7H2,1-5H3. The van der Waals surface area contributed by atoms with Crippen LogP contribution in [0.3, 0.4) is 0 Å². The fraction of sp³-hybridized carbons (Fsp3) is 0.800. The van der Waals surface area contributed by atoms with Crippen molar-refractivity contribution < 1.29 is 22.4 Å². The van der Waals surface area contributed by atoms with Crippen LogP contribution in [0.5, 0.6) is 0 Å². The summed E-state index contributed by atoms with van der Waals surface area (Å²) >= 11 is 0. The molecule has 0 radical (unpaired) electrons. The van der Waals surface area contributed by atoms with Gasteiger partial charge >= 0.3 is 13.3 Å². The highest BCUT2D eigenvalue weighted by molar-refractivity contribution is 7.55. The monoisotopic (exact) mass is 284 g/mol. The van der Waals surface area contributed by atoms with Gasteiger partial charge in [-0.2, -0.15) is 8.78 Å². The highest BCUT2D eigenvalue weighted by Gasteiger charge is 2.52. The van der Waals surface area contributed by atoms with Crippen molar-refractivity contribution >= 4 is 15.7 Å². The lowest BCUT2D eigenvalue weighted by Crippen LogP contribution is -2.22. The summed E-state index contributed by atoms with van der Waals surface area (Å²) in [6, 6.07) is 0. The molecule has 100 valence electrons. The normalized spacial score (nSPS) is 13.1. The van der Waals surface area contributed by atoms with E-state index in [9.17, 15) is 13.3 Å². The predicted octanol–water partition coefficient (Wildman–Crippen LogP) is 3.73. The Kier molecular flexibility index (Phi) is 6.02. The summed E-state index contributed by atoms with van der Waals surface area (Å²) in [6.07, 6.45) is 0. The molecular weight excluding hydrogens is 265 g/mol. The van der Waals surface area contributed by atoms with Gasteiger partial charge in [-0.25, -0.2) is 0 Å². The zero-order valence-corrected chi connectivity index (χ0v) is 12.7. The van der Waals surface area contributed by atoms with E-state index in [4.69, 9.17) is 0 Å².